The molecule has 0 aliphatic carbocycles. The Bertz CT molecular complexity index is 727. The van der Waals surface area contributed by atoms with Gasteiger partial charge in [0.15, 0.2) is 6.04 Å². The molecule has 0 aliphatic heterocycles. The molecule has 0 bridgehead atoms. The number of nitrogens with zero attached hydrogens (tertiary/aromatic N) is 4. The predicted molar refractivity (Wildman–Crippen MR) is 79.6 cm³/mol. The maximum absolute atomic E-state index is 12.0. The van der Waals surface area contributed by atoms with Gasteiger partial charge in [-0.15, -0.1) is 0 Å². The molecule has 2 aromatic rings. The van der Waals surface area contributed by atoms with Gasteiger partial charge in [0.25, 0.3) is 5.78 Å². The molecule has 9 heteroatoms. The molecular weight excluding hydrogens is 302 g/mol. The molecular formula is C14H19N5O4. The smallest absolute Gasteiger partial charge is 0.330 e. The normalized spacial score (nSPS) is 12.2. The molecule has 9 nitrogen and oxygen atoms in total. The molecule has 23 heavy (non-hydrogen) atoms. The molecule has 0 aromatic carbocycles. The summed E-state index contributed by atoms with van der Waals surface area (Å²) in [6, 6.07) is -1.05. The highest BCUT2D eigenvalue weighted by Gasteiger charge is 2.20. The van der Waals surface area contributed by atoms with Crippen LogP contribution in [0, 0.1) is 13.8 Å². The van der Waals surface area contributed by atoms with Crippen LogP contribution in [0.15, 0.2) is 6.33 Å². The summed E-state index contributed by atoms with van der Waals surface area (Å²) >= 11 is 0. The zero-order valence-corrected chi connectivity index (χ0v) is 13.2. The van der Waals surface area contributed by atoms with E-state index < -0.39 is 18.6 Å². The summed E-state index contributed by atoms with van der Waals surface area (Å²) in [7, 11) is 1.20. The summed E-state index contributed by atoms with van der Waals surface area (Å²) in [6.07, 6.45) is 2.01. The van der Waals surface area contributed by atoms with Crippen molar-refractivity contribution in [1.82, 2.24) is 24.9 Å². The first kappa shape index (κ1) is 16.8. The average Bonchev–Trinajstić information content (AvgIpc) is 3.00. The van der Waals surface area contributed by atoms with E-state index >= 15 is 0 Å². The average molecular weight is 321 g/mol. The van der Waals surface area contributed by atoms with Crippen LogP contribution in [0.4, 0.5) is 0 Å². The summed E-state index contributed by atoms with van der Waals surface area (Å²) in [5.41, 5.74) is 2.55. The van der Waals surface area contributed by atoms with Gasteiger partial charge in [0.05, 0.1) is 13.7 Å². The van der Waals surface area contributed by atoms with Gasteiger partial charge in [-0.25, -0.2) is 14.3 Å². The minimum atomic E-state index is -1.05. The molecule has 0 fully saturated rings. The van der Waals surface area contributed by atoms with Crippen molar-refractivity contribution >= 4 is 17.7 Å². The Morgan fingerprint density at radius 2 is 2.17 bits per heavy atom. The lowest BCUT2D eigenvalue weighted by Gasteiger charge is -2.14. The molecule has 2 aromatic heterocycles. The topological polar surface area (TPSA) is 119 Å². The number of carbonyl (C=O) groups excluding carboxylic acids is 2. The molecule has 0 aliphatic rings. The quantitative estimate of drug-likeness (QED) is 0.677. The lowest BCUT2D eigenvalue weighted by Crippen LogP contribution is -2.44. The minimum Gasteiger partial charge on any atom is -0.467 e. The molecule has 2 N–H and O–H groups in total. The van der Waals surface area contributed by atoms with Crippen LogP contribution < -0.4 is 5.32 Å². The van der Waals surface area contributed by atoms with Gasteiger partial charge in [0.2, 0.25) is 5.91 Å². The minimum absolute atomic E-state index is 0.150. The number of esters is 1. The Labute approximate surface area is 132 Å². The maximum Gasteiger partial charge on any atom is 0.330 e. The fourth-order valence-corrected chi connectivity index (χ4v) is 2.34. The monoisotopic (exact) mass is 321 g/mol. The van der Waals surface area contributed by atoms with Gasteiger partial charge in [-0.1, -0.05) is 0 Å². The van der Waals surface area contributed by atoms with Gasteiger partial charge >= 0.3 is 5.97 Å². The number of aryl methyl sites for hydroxylation is 2. The molecule has 0 radical (unpaired) electrons. The number of carbonyl (C=O) groups is 2. The zero-order valence-electron chi connectivity index (χ0n) is 13.2. The second-order valence-corrected chi connectivity index (χ2v) is 5.06. The summed E-state index contributed by atoms with van der Waals surface area (Å²) < 4.78 is 6.12. The third kappa shape index (κ3) is 3.62. The van der Waals surface area contributed by atoms with Crippen molar-refractivity contribution in [2.24, 2.45) is 0 Å². The molecule has 0 saturated heterocycles. The van der Waals surface area contributed by atoms with Crippen molar-refractivity contribution in [3.05, 3.63) is 23.3 Å². The highest BCUT2D eigenvalue weighted by atomic mass is 16.5. The van der Waals surface area contributed by atoms with Crippen LogP contribution in [0.5, 0.6) is 0 Å². The van der Waals surface area contributed by atoms with Gasteiger partial charge in [0.1, 0.15) is 6.33 Å². The third-order valence-corrected chi connectivity index (χ3v) is 3.59. The van der Waals surface area contributed by atoms with E-state index in [1.165, 1.54) is 13.4 Å². The molecule has 0 unspecified atom stereocenters. The Kier molecular flexibility index (Phi) is 5.22. The lowest BCUT2D eigenvalue weighted by atomic mass is 10.1. The van der Waals surface area contributed by atoms with E-state index in [4.69, 9.17) is 5.11 Å². The van der Waals surface area contributed by atoms with E-state index in [2.05, 4.69) is 25.1 Å². The van der Waals surface area contributed by atoms with Gasteiger partial charge in [-0.05, 0) is 25.8 Å². The molecule has 0 saturated carbocycles. The standard InChI is InChI=1S/C14H19N5O4/c1-8-10(9(2)19-14(17-8)15-7-16-19)4-5-12(21)18-11(6-20)13(22)23-3/h7,11,20H,4-6H2,1-3H3,(H,18,21)/t11-/m0/s1. The molecule has 124 valence electrons. The lowest BCUT2D eigenvalue weighted by molar-refractivity contribution is -0.146. The van der Waals surface area contributed by atoms with Crippen LogP contribution in [0.25, 0.3) is 5.78 Å². The van der Waals surface area contributed by atoms with Crippen molar-refractivity contribution in [3.8, 4) is 0 Å². The molecule has 1 atom stereocenters. The van der Waals surface area contributed by atoms with Crippen LogP contribution in [-0.4, -0.2) is 56.3 Å². The van der Waals surface area contributed by atoms with Gasteiger partial charge in [-0.3, -0.25) is 4.79 Å². The summed E-state index contributed by atoms with van der Waals surface area (Å²) in [4.78, 5) is 31.7. The zero-order chi connectivity index (χ0) is 17.0. The number of aliphatic hydroxyl groups excluding tert-OH is 1. The van der Waals surface area contributed by atoms with Crippen LogP contribution in [-0.2, 0) is 20.7 Å². The number of aromatic nitrogens is 4. The van der Waals surface area contributed by atoms with Crippen molar-refractivity contribution < 1.29 is 19.4 Å². The fraction of sp³-hybridized carbons (Fsp3) is 0.500. The summed E-state index contributed by atoms with van der Waals surface area (Å²) in [5.74, 6) is -0.523. The van der Waals surface area contributed by atoms with Gasteiger partial charge in [0, 0.05) is 17.8 Å². The van der Waals surface area contributed by atoms with Crippen LogP contribution in [0.2, 0.25) is 0 Å². The Morgan fingerprint density at radius 1 is 1.43 bits per heavy atom. The largest absolute Gasteiger partial charge is 0.467 e. The number of hydrogen-bond donors (Lipinski definition) is 2. The number of fused-ring (bicyclic) bond motifs is 1. The Morgan fingerprint density at radius 3 is 2.83 bits per heavy atom. The van der Waals surface area contributed by atoms with Crippen molar-refractivity contribution in [2.45, 2.75) is 32.7 Å². The molecule has 1 amide bonds. The Balaban J connectivity index is 2.06. The Hall–Kier alpha value is -2.55. The van der Waals surface area contributed by atoms with Crippen molar-refractivity contribution in [3.63, 3.8) is 0 Å². The maximum atomic E-state index is 12.0. The first-order valence-electron chi connectivity index (χ1n) is 7.11. The first-order valence-corrected chi connectivity index (χ1v) is 7.11. The highest BCUT2D eigenvalue weighted by Crippen LogP contribution is 2.14. The van der Waals surface area contributed by atoms with E-state index in [0.29, 0.717) is 12.2 Å². The summed E-state index contributed by atoms with van der Waals surface area (Å²) in [6.45, 7) is 3.22. The van der Waals surface area contributed by atoms with E-state index in [1.807, 2.05) is 13.8 Å². The second-order valence-electron chi connectivity index (χ2n) is 5.06. The number of nitrogens with one attached hydrogen (secondary N) is 1. The SMILES string of the molecule is COC(=O)[C@H](CO)NC(=O)CCc1c(C)nc2ncnn2c1C. The van der Waals surface area contributed by atoms with Crippen molar-refractivity contribution in [2.75, 3.05) is 13.7 Å². The van der Waals surface area contributed by atoms with Crippen molar-refractivity contribution in [1.29, 1.82) is 0 Å². The van der Waals surface area contributed by atoms with Gasteiger partial charge < -0.3 is 15.2 Å². The van der Waals surface area contributed by atoms with E-state index in [1.54, 1.807) is 4.52 Å². The van der Waals surface area contributed by atoms with E-state index in [-0.39, 0.29) is 12.3 Å². The molecule has 2 rings (SSSR count). The van der Waals surface area contributed by atoms with Crippen LogP contribution >= 0.6 is 0 Å². The molecule has 0 spiro atoms. The number of methoxy groups -OCH3 is 1. The number of aliphatic hydroxyl groups is 1. The van der Waals surface area contributed by atoms with Crippen LogP contribution in [0.3, 0.4) is 0 Å². The second kappa shape index (κ2) is 7.14. The number of ether oxygens (including phenoxy) is 1. The van der Waals surface area contributed by atoms with Gasteiger partial charge in [-0.2, -0.15) is 10.1 Å². The van der Waals surface area contributed by atoms with E-state index in [9.17, 15) is 9.59 Å². The highest BCUT2D eigenvalue weighted by molar-refractivity contribution is 5.84. The fourth-order valence-electron chi connectivity index (χ4n) is 2.34. The molecule has 2 heterocycles. The first-order chi connectivity index (χ1) is 11.0. The number of rotatable bonds is 6. The number of hydrogen-bond acceptors (Lipinski definition) is 7. The predicted octanol–water partition coefficient (Wildman–Crippen LogP) is -0.676. The van der Waals surface area contributed by atoms with E-state index in [0.717, 1.165) is 17.0 Å². The van der Waals surface area contributed by atoms with Crippen LogP contribution in [0.1, 0.15) is 23.4 Å². The third-order valence-electron chi connectivity index (χ3n) is 3.59. The summed E-state index contributed by atoms with van der Waals surface area (Å²) in [5, 5.41) is 15.6. The number of amides is 1.